The molecule has 0 atom stereocenters. The Morgan fingerprint density at radius 2 is 1.53 bits per heavy atom. The molecular weight excluding hydrogens is 226 g/mol. The molecule has 1 nitrogen and oxygen atoms in total. The van der Waals surface area contributed by atoms with Gasteiger partial charge in [0.1, 0.15) is 0 Å². The first kappa shape index (κ1) is 14.7. The monoisotopic (exact) mass is 252 g/mol. The van der Waals surface area contributed by atoms with Crippen molar-refractivity contribution in [2.24, 2.45) is 0 Å². The van der Waals surface area contributed by atoms with Crippen molar-refractivity contribution in [3.63, 3.8) is 0 Å². The Bertz CT molecular complexity index is 243. The van der Waals surface area contributed by atoms with Crippen LogP contribution in [-0.4, -0.2) is 4.98 Å². The Morgan fingerprint density at radius 3 is 2.06 bits per heavy atom. The van der Waals surface area contributed by atoms with E-state index in [0.29, 0.717) is 0 Å². The van der Waals surface area contributed by atoms with Crippen LogP contribution in [0.2, 0.25) is 0 Å². The Hall–Kier alpha value is -0.370. The van der Waals surface area contributed by atoms with Crippen LogP contribution in [0.5, 0.6) is 0 Å². The maximum Gasteiger partial charge on any atom is 0.152 e. The highest BCUT2D eigenvalue weighted by Crippen LogP contribution is 2.12. The molecule has 1 radical (unpaired) electrons. The fourth-order valence-corrected chi connectivity index (χ4v) is 2.64. The van der Waals surface area contributed by atoms with Gasteiger partial charge >= 0.3 is 0 Å². The largest absolute Gasteiger partial charge is 0.239 e. The van der Waals surface area contributed by atoms with E-state index in [2.05, 4.69) is 22.8 Å². The van der Waals surface area contributed by atoms with E-state index >= 15 is 0 Å². The van der Waals surface area contributed by atoms with E-state index in [1.54, 1.807) is 11.3 Å². The molecule has 0 spiro atoms. The minimum atomic E-state index is 1.15. The van der Waals surface area contributed by atoms with Gasteiger partial charge < -0.3 is 0 Å². The predicted molar refractivity (Wildman–Crippen MR) is 76.5 cm³/mol. The summed E-state index contributed by atoms with van der Waals surface area (Å²) < 4.78 is 0. The van der Waals surface area contributed by atoms with Gasteiger partial charge in [0.25, 0.3) is 0 Å². The van der Waals surface area contributed by atoms with Crippen molar-refractivity contribution in [2.75, 3.05) is 0 Å². The van der Waals surface area contributed by atoms with E-state index in [1.807, 2.05) is 0 Å². The summed E-state index contributed by atoms with van der Waals surface area (Å²) in [5, 5.41) is 2.12. The maximum atomic E-state index is 4.19. The fraction of sp³-hybridized carbons (Fsp3) is 0.800. The molecule has 2 heteroatoms. The van der Waals surface area contributed by atoms with Crippen LogP contribution < -0.4 is 0 Å². The zero-order valence-corrected chi connectivity index (χ0v) is 12.0. The van der Waals surface area contributed by atoms with E-state index < -0.39 is 0 Å². The van der Waals surface area contributed by atoms with Crippen molar-refractivity contribution in [1.82, 2.24) is 4.98 Å². The molecule has 0 saturated heterocycles. The van der Waals surface area contributed by atoms with Crippen molar-refractivity contribution >= 4 is 11.3 Å². The van der Waals surface area contributed by atoms with Gasteiger partial charge in [-0.05, 0) is 12.8 Å². The molecule has 1 aromatic rings. The lowest BCUT2D eigenvalue weighted by Gasteiger charge is -2.01. The lowest BCUT2D eigenvalue weighted by molar-refractivity contribution is 0.555. The number of hydrogen-bond donors (Lipinski definition) is 0. The van der Waals surface area contributed by atoms with Crippen LogP contribution in [-0.2, 0) is 6.42 Å². The lowest BCUT2D eigenvalue weighted by Crippen LogP contribution is -1.86. The summed E-state index contributed by atoms with van der Waals surface area (Å²) in [5.41, 5.74) is 4.14. The first-order valence-corrected chi connectivity index (χ1v) is 8.12. The second-order valence-electron chi connectivity index (χ2n) is 4.86. The van der Waals surface area contributed by atoms with Gasteiger partial charge in [-0.1, -0.05) is 64.7 Å². The Balaban J connectivity index is 1.76. The molecule has 0 saturated carbocycles. The molecule has 0 bridgehead atoms. The van der Waals surface area contributed by atoms with Crippen LogP contribution in [0.4, 0.5) is 0 Å². The number of nitrogens with zero attached hydrogens (tertiary/aromatic N) is 1. The third kappa shape index (κ3) is 8.37. The minimum Gasteiger partial charge on any atom is -0.239 e. The molecule has 0 fully saturated rings. The molecule has 1 aromatic heterocycles. The lowest BCUT2D eigenvalue weighted by atomic mass is 10.1. The molecular formula is C15H26NS. The van der Waals surface area contributed by atoms with E-state index in [9.17, 15) is 0 Å². The van der Waals surface area contributed by atoms with E-state index in [0.717, 1.165) is 6.42 Å². The number of aryl methyl sites for hydroxylation is 1. The third-order valence-electron chi connectivity index (χ3n) is 3.22. The van der Waals surface area contributed by atoms with Crippen molar-refractivity contribution in [3.8, 4) is 0 Å². The molecule has 0 aromatic carbocycles. The van der Waals surface area contributed by atoms with Gasteiger partial charge in [-0.25, -0.2) is 4.98 Å². The normalized spacial score (nSPS) is 10.9. The molecule has 0 aliphatic heterocycles. The summed E-state index contributed by atoms with van der Waals surface area (Å²) in [5.74, 6) is 0. The first-order valence-electron chi connectivity index (χ1n) is 7.24. The smallest absolute Gasteiger partial charge is 0.152 e. The third-order valence-corrected chi connectivity index (χ3v) is 3.81. The SMILES string of the molecule is CCCCCCCCCCCCc1cs[c]n1. The zero-order valence-electron chi connectivity index (χ0n) is 11.2. The summed E-state index contributed by atoms with van der Waals surface area (Å²) in [6.45, 7) is 2.28. The summed E-state index contributed by atoms with van der Waals surface area (Å²) in [6, 6.07) is 0. The van der Waals surface area contributed by atoms with Gasteiger partial charge in [-0.2, -0.15) is 0 Å². The van der Waals surface area contributed by atoms with E-state index in [4.69, 9.17) is 0 Å². The Morgan fingerprint density at radius 1 is 0.941 bits per heavy atom. The van der Waals surface area contributed by atoms with Gasteiger partial charge in [0.2, 0.25) is 0 Å². The average molecular weight is 252 g/mol. The highest BCUT2D eigenvalue weighted by Gasteiger charge is 1.96. The molecule has 1 rings (SSSR count). The molecule has 1 heterocycles. The molecule has 0 N–H and O–H groups in total. The first-order chi connectivity index (χ1) is 8.43. The van der Waals surface area contributed by atoms with Crippen LogP contribution >= 0.6 is 11.3 Å². The van der Waals surface area contributed by atoms with Gasteiger partial charge in [0.05, 0.1) is 5.69 Å². The number of unbranched alkanes of at least 4 members (excludes halogenated alkanes) is 9. The van der Waals surface area contributed by atoms with Crippen LogP contribution in [0.1, 0.15) is 76.8 Å². The predicted octanol–water partition coefficient (Wildman–Crippen LogP) is 5.41. The Labute approximate surface area is 111 Å². The van der Waals surface area contributed by atoms with Crippen LogP contribution in [0.3, 0.4) is 0 Å². The number of thiazole rings is 1. The molecule has 97 valence electrons. The number of aromatic nitrogens is 1. The number of rotatable bonds is 11. The highest BCUT2D eigenvalue weighted by molar-refractivity contribution is 7.07. The maximum absolute atomic E-state index is 4.19. The van der Waals surface area contributed by atoms with Gasteiger partial charge in [0.15, 0.2) is 5.51 Å². The summed E-state index contributed by atoms with van der Waals surface area (Å²) in [7, 11) is 0. The van der Waals surface area contributed by atoms with Crippen molar-refractivity contribution < 1.29 is 0 Å². The number of hydrogen-bond acceptors (Lipinski definition) is 2. The zero-order chi connectivity index (χ0) is 12.2. The topological polar surface area (TPSA) is 12.9 Å². The summed E-state index contributed by atoms with van der Waals surface area (Å²) >= 11 is 1.58. The second-order valence-corrected chi connectivity index (χ2v) is 5.52. The standard InChI is InChI=1S/C15H26NS/c1-2-3-4-5-6-7-8-9-10-11-12-15-13-17-14-16-15/h13H,2-12H2,1H3. The fourth-order valence-electron chi connectivity index (χ4n) is 2.11. The molecule has 17 heavy (non-hydrogen) atoms. The van der Waals surface area contributed by atoms with Gasteiger partial charge in [-0.3, -0.25) is 0 Å². The summed E-state index contributed by atoms with van der Waals surface area (Å²) in [4.78, 5) is 4.19. The van der Waals surface area contributed by atoms with Crippen molar-refractivity contribution in [2.45, 2.75) is 77.6 Å². The van der Waals surface area contributed by atoms with Gasteiger partial charge in [0, 0.05) is 5.38 Å². The van der Waals surface area contributed by atoms with Crippen LogP contribution in [0, 0.1) is 5.51 Å². The minimum absolute atomic E-state index is 1.15. The van der Waals surface area contributed by atoms with Gasteiger partial charge in [-0.15, -0.1) is 11.3 Å². The van der Waals surface area contributed by atoms with Crippen molar-refractivity contribution in [1.29, 1.82) is 0 Å². The van der Waals surface area contributed by atoms with E-state index in [-0.39, 0.29) is 0 Å². The highest BCUT2D eigenvalue weighted by atomic mass is 32.1. The second kappa shape index (κ2) is 10.8. The molecule has 0 aliphatic rings. The summed E-state index contributed by atoms with van der Waals surface area (Å²) in [6.07, 6.45) is 15.2. The molecule has 0 unspecified atom stereocenters. The van der Waals surface area contributed by atoms with Crippen molar-refractivity contribution in [3.05, 3.63) is 16.6 Å². The van der Waals surface area contributed by atoms with E-state index in [1.165, 1.54) is 69.9 Å². The molecule has 0 amide bonds. The van der Waals surface area contributed by atoms with Crippen LogP contribution in [0.15, 0.2) is 5.38 Å². The Kier molecular flexibility index (Phi) is 9.30. The van der Waals surface area contributed by atoms with Crippen LogP contribution in [0.25, 0.3) is 0 Å². The molecule has 0 aliphatic carbocycles. The average Bonchev–Trinajstić information content (AvgIpc) is 2.85. The quantitative estimate of drug-likeness (QED) is 0.480.